The fourth-order valence-electron chi connectivity index (χ4n) is 1.94. The van der Waals surface area contributed by atoms with Gasteiger partial charge >= 0.3 is 6.36 Å². The van der Waals surface area contributed by atoms with Gasteiger partial charge in [-0.3, -0.25) is 4.79 Å². The summed E-state index contributed by atoms with van der Waals surface area (Å²) in [7, 11) is 0. The van der Waals surface area contributed by atoms with Crippen LogP contribution in [0.1, 0.15) is 12.0 Å². The molecule has 0 bridgehead atoms. The highest BCUT2D eigenvalue weighted by atomic mass is 19.4. The van der Waals surface area contributed by atoms with Gasteiger partial charge in [0.1, 0.15) is 5.75 Å². The molecule has 3 nitrogen and oxygen atoms in total. The molecule has 0 unspecified atom stereocenters. The average molecular weight is 271 g/mol. The zero-order valence-electron chi connectivity index (χ0n) is 9.98. The number of carbonyl (C=O) groups is 1. The zero-order chi connectivity index (χ0) is 13.9. The third-order valence-corrected chi connectivity index (χ3v) is 2.79. The molecule has 0 N–H and O–H groups in total. The Bertz CT molecular complexity index is 480. The van der Waals surface area contributed by atoms with E-state index in [1.54, 1.807) is 17.0 Å². The number of carbonyl (C=O) groups excluding carboxylic acids is 1. The number of hydrogen-bond donors (Lipinski definition) is 0. The third kappa shape index (κ3) is 3.74. The molecule has 2 rings (SSSR count). The lowest BCUT2D eigenvalue weighted by atomic mass is 10.0. The van der Waals surface area contributed by atoms with Crippen molar-refractivity contribution in [2.45, 2.75) is 12.8 Å². The predicted molar refractivity (Wildman–Crippen MR) is 63.4 cm³/mol. The first-order valence-electron chi connectivity index (χ1n) is 5.72. The smallest absolute Gasteiger partial charge is 0.406 e. The van der Waals surface area contributed by atoms with E-state index in [0.29, 0.717) is 13.1 Å². The van der Waals surface area contributed by atoms with Crippen LogP contribution < -0.4 is 4.74 Å². The van der Waals surface area contributed by atoms with E-state index in [1.165, 1.54) is 12.1 Å². The van der Waals surface area contributed by atoms with Crippen LogP contribution >= 0.6 is 0 Å². The minimum absolute atomic E-state index is 0.250. The predicted octanol–water partition coefficient (Wildman–Crippen LogP) is 2.83. The summed E-state index contributed by atoms with van der Waals surface area (Å²) in [4.78, 5) is 12.3. The summed E-state index contributed by atoms with van der Waals surface area (Å²) in [6, 6.07) is 5.65. The fourth-order valence-corrected chi connectivity index (χ4v) is 1.94. The van der Waals surface area contributed by atoms with Crippen molar-refractivity contribution in [1.29, 1.82) is 0 Å². The van der Waals surface area contributed by atoms with Gasteiger partial charge < -0.3 is 9.64 Å². The number of rotatable bonds is 3. The number of hydrogen-bond acceptors (Lipinski definition) is 2. The molecule has 1 aromatic rings. The highest BCUT2D eigenvalue weighted by Gasteiger charge is 2.31. The highest BCUT2D eigenvalue weighted by Crippen LogP contribution is 2.26. The molecule has 0 radical (unpaired) electrons. The summed E-state index contributed by atoms with van der Waals surface area (Å²) >= 11 is 0. The summed E-state index contributed by atoms with van der Waals surface area (Å²) in [6.45, 7) is 1.14. The molecule has 0 saturated carbocycles. The van der Waals surface area contributed by atoms with Crippen molar-refractivity contribution in [2.75, 3.05) is 13.1 Å². The van der Waals surface area contributed by atoms with Gasteiger partial charge in [-0.1, -0.05) is 18.2 Å². The fraction of sp³-hybridized carbons (Fsp3) is 0.308. The Labute approximate surface area is 108 Å². The van der Waals surface area contributed by atoms with Crippen LogP contribution in [0.5, 0.6) is 5.75 Å². The Kier molecular flexibility index (Phi) is 3.78. The molecule has 1 amide bonds. The maximum atomic E-state index is 12.0. The second-order valence-corrected chi connectivity index (χ2v) is 4.17. The maximum absolute atomic E-state index is 12.0. The molecular formula is C13H12F3NO2. The van der Waals surface area contributed by atoms with Crippen molar-refractivity contribution in [3.63, 3.8) is 0 Å². The van der Waals surface area contributed by atoms with E-state index in [1.807, 2.05) is 6.08 Å². The Balaban J connectivity index is 2.10. The van der Waals surface area contributed by atoms with Gasteiger partial charge in [-0.15, -0.1) is 13.2 Å². The van der Waals surface area contributed by atoms with Gasteiger partial charge in [-0.2, -0.15) is 0 Å². The SMILES string of the molecule is O=CN1CCC=C(c2ccc(OC(F)(F)F)cc2)C1. The van der Waals surface area contributed by atoms with Gasteiger partial charge in [0, 0.05) is 13.1 Å². The summed E-state index contributed by atoms with van der Waals surface area (Å²) < 4.78 is 39.8. The van der Waals surface area contributed by atoms with Crippen molar-refractivity contribution in [2.24, 2.45) is 0 Å². The van der Waals surface area contributed by atoms with Crippen molar-refractivity contribution < 1.29 is 22.7 Å². The molecule has 0 spiro atoms. The Morgan fingerprint density at radius 3 is 2.47 bits per heavy atom. The van der Waals surface area contributed by atoms with Crippen molar-refractivity contribution in [3.05, 3.63) is 35.9 Å². The van der Waals surface area contributed by atoms with Crippen LogP contribution in [0.25, 0.3) is 5.57 Å². The number of benzene rings is 1. The first-order valence-corrected chi connectivity index (χ1v) is 5.72. The summed E-state index contributed by atoms with van der Waals surface area (Å²) in [5, 5.41) is 0. The Hall–Kier alpha value is -1.98. The monoisotopic (exact) mass is 271 g/mol. The van der Waals surface area contributed by atoms with Gasteiger partial charge in [-0.05, 0) is 29.7 Å². The Morgan fingerprint density at radius 2 is 1.89 bits per heavy atom. The molecule has 6 heteroatoms. The minimum atomic E-state index is -4.68. The molecular weight excluding hydrogens is 259 g/mol. The Morgan fingerprint density at radius 1 is 1.21 bits per heavy atom. The van der Waals surface area contributed by atoms with E-state index >= 15 is 0 Å². The van der Waals surface area contributed by atoms with Gasteiger partial charge in [0.15, 0.2) is 0 Å². The molecule has 0 fully saturated rings. The number of alkyl halides is 3. The molecule has 1 aromatic carbocycles. The van der Waals surface area contributed by atoms with Crippen molar-refractivity contribution >= 4 is 12.0 Å². The summed E-state index contributed by atoms with van der Waals surface area (Å²) in [5.74, 6) is -0.250. The first kappa shape index (κ1) is 13.5. The second-order valence-electron chi connectivity index (χ2n) is 4.17. The maximum Gasteiger partial charge on any atom is 0.573 e. The topological polar surface area (TPSA) is 29.5 Å². The van der Waals surface area contributed by atoms with Crippen LogP contribution in [0.15, 0.2) is 30.3 Å². The van der Waals surface area contributed by atoms with Crippen LogP contribution in [0, 0.1) is 0 Å². The van der Waals surface area contributed by atoms with Crippen molar-refractivity contribution in [3.8, 4) is 5.75 Å². The molecule has 1 aliphatic rings. The lowest BCUT2D eigenvalue weighted by Crippen LogP contribution is -2.27. The molecule has 1 heterocycles. The van der Waals surface area contributed by atoms with Gasteiger partial charge in [0.25, 0.3) is 0 Å². The second kappa shape index (κ2) is 5.34. The van der Waals surface area contributed by atoms with E-state index < -0.39 is 6.36 Å². The highest BCUT2D eigenvalue weighted by molar-refractivity contribution is 5.70. The molecule has 0 saturated heterocycles. The average Bonchev–Trinajstić information content (AvgIpc) is 2.38. The number of ether oxygens (including phenoxy) is 1. The number of halogens is 3. The lowest BCUT2D eigenvalue weighted by molar-refractivity contribution is -0.274. The van der Waals surface area contributed by atoms with E-state index in [-0.39, 0.29) is 5.75 Å². The summed E-state index contributed by atoms with van der Waals surface area (Å²) in [6.07, 6.45) is -1.18. The number of nitrogens with zero attached hydrogens (tertiary/aromatic N) is 1. The molecule has 0 aliphatic carbocycles. The van der Waals surface area contributed by atoms with E-state index in [9.17, 15) is 18.0 Å². The minimum Gasteiger partial charge on any atom is -0.406 e. The number of amides is 1. The summed E-state index contributed by atoms with van der Waals surface area (Å²) in [5.41, 5.74) is 1.72. The van der Waals surface area contributed by atoms with Crippen LogP contribution in [-0.4, -0.2) is 30.8 Å². The zero-order valence-corrected chi connectivity index (χ0v) is 9.98. The standard InChI is InChI=1S/C13H12F3NO2/c14-13(15,16)19-12-5-3-10(4-6-12)11-2-1-7-17(8-11)9-18/h2-6,9H,1,7-8H2. The largest absolute Gasteiger partial charge is 0.573 e. The molecule has 0 atom stereocenters. The quantitative estimate of drug-likeness (QED) is 0.791. The molecule has 0 aromatic heterocycles. The van der Waals surface area contributed by atoms with E-state index in [4.69, 9.17) is 0 Å². The van der Waals surface area contributed by atoms with E-state index in [2.05, 4.69) is 4.74 Å². The van der Waals surface area contributed by atoms with Crippen LogP contribution in [0.2, 0.25) is 0 Å². The van der Waals surface area contributed by atoms with Gasteiger partial charge in [-0.25, -0.2) is 0 Å². The normalized spacial score (nSPS) is 15.9. The third-order valence-electron chi connectivity index (χ3n) is 2.79. The van der Waals surface area contributed by atoms with Crippen LogP contribution in [-0.2, 0) is 4.79 Å². The lowest BCUT2D eigenvalue weighted by Gasteiger charge is -2.23. The van der Waals surface area contributed by atoms with Crippen LogP contribution in [0.4, 0.5) is 13.2 Å². The van der Waals surface area contributed by atoms with Crippen molar-refractivity contribution in [1.82, 2.24) is 4.90 Å². The van der Waals surface area contributed by atoms with Gasteiger partial charge in [0.2, 0.25) is 6.41 Å². The van der Waals surface area contributed by atoms with E-state index in [0.717, 1.165) is 24.0 Å². The molecule has 19 heavy (non-hydrogen) atoms. The molecule has 102 valence electrons. The molecule has 1 aliphatic heterocycles. The van der Waals surface area contributed by atoms with Gasteiger partial charge in [0.05, 0.1) is 0 Å². The van der Waals surface area contributed by atoms with Crippen LogP contribution in [0.3, 0.4) is 0 Å². The first-order chi connectivity index (χ1) is 8.98.